The molecule has 3 N–H and O–H groups in total. The summed E-state index contributed by atoms with van der Waals surface area (Å²) >= 11 is 0. The monoisotopic (exact) mass is 193 g/mol. The van der Waals surface area contributed by atoms with Crippen molar-refractivity contribution >= 4 is 5.91 Å². The van der Waals surface area contributed by atoms with Gasteiger partial charge in [-0.05, 0) is 24.8 Å². The van der Waals surface area contributed by atoms with E-state index in [2.05, 4.69) is 10.2 Å². The van der Waals surface area contributed by atoms with Crippen molar-refractivity contribution in [2.75, 3.05) is 0 Å². The topological polar surface area (TPSA) is 88.8 Å². The van der Waals surface area contributed by atoms with Gasteiger partial charge in [-0.1, -0.05) is 0 Å². The number of aromatic nitrogens is 2. The third kappa shape index (κ3) is 1.53. The van der Waals surface area contributed by atoms with E-state index in [0.717, 1.165) is 17.7 Å². The minimum absolute atomic E-state index is 0.147. The Morgan fingerprint density at radius 3 is 3.14 bits per heavy atom. The number of primary amides is 1. The first-order valence-electron chi connectivity index (χ1n) is 4.53. The van der Waals surface area contributed by atoms with E-state index in [-0.39, 0.29) is 17.4 Å². The van der Waals surface area contributed by atoms with Gasteiger partial charge in [0.2, 0.25) is 5.91 Å². The minimum Gasteiger partial charge on any atom is -0.369 e. The Balaban J connectivity index is 2.33. The van der Waals surface area contributed by atoms with Crippen molar-refractivity contribution in [3.8, 4) is 0 Å². The molecule has 0 saturated carbocycles. The number of hydrogen-bond donors (Lipinski definition) is 2. The highest BCUT2D eigenvalue weighted by Crippen LogP contribution is 2.21. The standard InChI is InChI=1S/C9H11N3O2/c10-9(14)5-1-2-7-6(3-5)4-8(13)12-11-7/h4-5H,1-3H2,(H2,10,14)(H,12,13). The van der Waals surface area contributed by atoms with E-state index in [1.165, 1.54) is 6.07 Å². The smallest absolute Gasteiger partial charge is 0.264 e. The lowest BCUT2D eigenvalue weighted by Gasteiger charge is -2.20. The number of aryl methyl sites for hydroxylation is 1. The zero-order chi connectivity index (χ0) is 10.1. The van der Waals surface area contributed by atoms with Gasteiger partial charge < -0.3 is 5.73 Å². The van der Waals surface area contributed by atoms with Gasteiger partial charge in [0.05, 0.1) is 5.69 Å². The van der Waals surface area contributed by atoms with E-state index >= 15 is 0 Å². The van der Waals surface area contributed by atoms with Crippen LogP contribution in [0.25, 0.3) is 0 Å². The van der Waals surface area contributed by atoms with Crippen LogP contribution in [0.15, 0.2) is 10.9 Å². The third-order valence-electron chi connectivity index (χ3n) is 2.58. The maximum Gasteiger partial charge on any atom is 0.264 e. The Bertz CT molecular complexity index is 424. The number of aromatic amines is 1. The molecule has 2 rings (SSSR count). The number of carbonyl (C=O) groups is 1. The molecular weight excluding hydrogens is 182 g/mol. The first-order valence-corrected chi connectivity index (χ1v) is 4.53. The highest BCUT2D eigenvalue weighted by Gasteiger charge is 2.23. The van der Waals surface area contributed by atoms with Crippen LogP contribution in [0.2, 0.25) is 0 Å². The quantitative estimate of drug-likeness (QED) is 0.621. The zero-order valence-electron chi connectivity index (χ0n) is 7.62. The number of H-pyrrole nitrogens is 1. The molecule has 1 amide bonds. The lowest BCUT2D eigenvalue weighted by Crippen LogP contribution is -2.30. The molecule has 1 aromatic heterocycles. The fourth-order valence-corrected chi connectivity index (χ4v) is 1.78. The van der Waals surface area contributed by atoms with Crippen LogP contribution in [-0.2, 0) is 17.6 Å². The first kappa shape index (κ1) is 8.93. The Labute approximate surface area is 80.3 Å². The Hall–Kier alpha value is -1.65. The van der Waals surface area contributed by atoms with Crippen LogP contribution in [0.1, 0.15) is 17.7 Å². The average Bonchev–Trinajstić information content (AvgIpc) is 2.16. The largest absolute Gasteiger partial charge is 0.369 e. The summed E-state index contributed by atoms with van der Waals surface area (Å²) in [4.78, 5) is 21.9. The lowest BCUT2D eigenvalue weighted by atomic mass is 9.86. The summed E-state index contributed by atoms with van der Waals surface area (Å²) in [7, 11) is 0. The summed E-state index contributed by atoms with van der Waals surface area (Å²) in [6, 6.07) is 1.50. The van der Waals surface area contributed by atoms with Crippen LogP contribution in [0.5, 0.6) is 0 Å². The predicted molar refractivity (Wildman–Crippen MR) is 49.6 cm³/mol. The van der Waals surface area contributed by atoms with Gasteiger partial charge in [-0.3, -0.25) is 9.59 Å². The molecule has 0 aliphatic heterocycles. The van der Waals surface area contributed by atoms with E-state index in [1.807, 2.05) is 0 Å². The molecule has 1 aliphatic carbocycles. The molecule has 0 aromatic carbocycles. The maximum absolute atomic E-state index is 11.0. The van der Waals surface area contributed by atoms with Crippen molar-refractivity contribution in [2.24, 2.45) is 11.7 Å². The summed E-state index contributed by atoms with van der Waals surface area (Å²) in [6.07, 6.45) is 1.97. The van der Waals surface area contributed by atoms with Crippen molar-refractivity contribution in [3.05, 3.63) is 27.7 Å². The summed E-state index contributed by atoms with van der Waals surface area (Å²) in [5.74, 6) is -0.443. The Kier molecular flexibility index (Phi) is 2.07. The maximum atomic E-state index is 11.0. The van der Waals surface area contributed by atoms with Crippen molar-refractivity contribution < 1.29 is 4.79 Å². The van der Waals surface area contributed by atoms with Crippen molar-refractivity contribution in [1.82, 2.24) is 10.2 Å². The predicted octanol–water partition coefficient (Wildman–Crippen LogP) is -0.640. The number of nitrogens with zero attached hydrogens (tertiary/aromatic N) is 1. The summed E-state index contributed by atoms with van der Waals surface area (Å²) in [5.41, 5.74) is 6.72. The molecule has 0 saturated heterocycles. The Morgan fingerprint density at radius 1 is 1.64 bits per heavy atom. The van der Waals surface area contributed by atoms with Crippen molar-refractivity contribution in [2.45, 2.75) is 19.3 Å². The van der Waals surface area contributed by atoms with Crippen LogP contribution >= 0.6 is 0 Å². The number of nitrogens with two attached hydrogens (primary N) is 1. The first-order chi connectivity index (χ1) is 6.66. The molecule has 0 spiro atoms. The molecule has 1 heterocycles. The van der Waals surface area contributed by atoms with Gasteiger partial charge in [0.25, 0.3) is 5.56 Å². The van der Waals surface area contributed by atoms with Crippen LogP contribution in [-0.4, -0.2) is 16.1 Å². The van der Waals surface area contributed by atoms with E-state index in [1.54, 1.807) is 0 Å². The molecular formula is C9H11N3O2. The molecule has 5 nitrogen and oxygen atoms in total. The highest BCUT2D eigenvalue weighted by molar-refractivity contribution is 5.77. The van der Waals surface area contributed by atoms with Crippen LogP contribution in [0.4, 0.5) is 0 Å². The molecule has 1 atom stereocenters. The number of nitrogens with one attached hydrogen (secondary N) is 1. The second-order valence-corrected chi connectivity index (χ2v) is 3.55. The van der Waals surface area contributed by atoms with Crippen molar-refractivity contribution in [3.63, 3.8) is 0 Å². The fraction of sp³-hybridized carbons (Fsp3) is 0.444. The average molecular weight is 193 g/mol. The number of fused-ring (bicyclic) bond motifs is 1. The van der Waals surface area contributed by atoms with Crippen LogP contribution in [0.3, 0.4) is 0 Å². The number of rotatable bonds is 1. The zero-order valence-corrected chi connectivity index (χ0v) is 7.62. The van der Waals surface area contributed by atoms with Gasteiger partial charge in [-0.15, -0.1) is 0 Å². The molecule has 0 radical (unpaired) electrons. The Morgan fingerprint density at radius 2 is 2.43 bits per heavy atom. The highest BCUT2D eigenvalue weighted by atomic mass is 16.1. The molecule has 1 unspecified atom stereocenters. The molecule has 1 aliphatic rings. The van der Waals surface area contributed by atoms with E-state index in [9.17, 15) is 9.59 Å². The SMILES string of the molecule is NC(=O)C1CCc2n[nH]c(=O)cc2C1. The van der Waals surface area contributed by atoms with Crippen LogP contribution in [0, 0.1) is 5.92 Å². The van der Waals surface area contributed by atoms with E-state index in [0.29, 0.717) is 12.8 Å². The minimum atomic E-state index is -0.295. The molecule has 0 fully saturated rings. The number of carbonyl (C=O) groups excluding carboxylic acids is 1. The van der Waals surface area contributed by atoms with Gasteiger partial charge in [-0.25, -0.2) is 5.10 Å². The molecule has 5 heteroatoms. The molecule has 0 bridgehead atoms. The van der Waals surface area contributed by atoms with E-state index < -0.39 is 0 Å². The second kappa shape index (κ2) is 3.25. The number of hydrogen-bond acceptors (Lipinski definition) is 3. The van der Waals surface area contributed by atoms with Gasteiger partial charge >= 0.3 is 0 Å². The second-order valence-electron chi connectivity index (χ2n) is 3.55. The number of amides is 1. The molecule has 14 heavy (non-hydrogen) atoms. The molecule has 1 aromatic rings. The lowest BCUT2D eigenvalue weighted by molar-refractivity contribution is -0.122. The summed E-state index contributed by atoms with van der Waals surface area (Å²) in [5, 5.41) is 6.30. The van der Waals surface area contributed by atoms with Gasteiger partial charge in [-0.2, -0.15) is 5.10 Å². The molecule has 74 valence electrons. The van der Waals surface area contributed by atoms with Gasteiger partial charge in [0, 0.05) is 12.0 Å². The van der Waals surface area contributed by atoms with Crippen LogP contribution < -0.4 is 11.3 Å². The van der Waals surface area contributed by atoms with E-state index in [4.69, 9.17) is 5.73 Å². The normalized spacial score (nSPS) is 20.1. The van der Waals surface area contributed by atoms with Gasteiger partial charge in [0.15, 0.2) is 0 Å². The van der Waals surface area contributed by atoms with Gasteiger partial charge in [0.1, 0.15) is 0 Å². The summed E-state index contributed by atoms with van der Waals surface area (Å²) in [6.45, 7) is 0. The van der Waals surface area contributed by atoms with Crippen molar-refractivity contribution in [1.29, 1.82) is 0 Å². The third-order valence-corrected chi connectivity index (χ3v) is 2.58. The summed E-state index contributed by atoms with van der Waals surface area (Å²) < 4.78 is 0. The fourth-order valence-electron chi connectivity index (χ4n) is 1.78.